The number of benzene rings is 1. The highest BCUT2D eigenvalue weighted by Gasteiger charge is 2.25. The van der Waals surface area contributed by atoms with E-state index in [4.69, 9.17) is 4.74 Å². The third kappa shape index (κ3) is 4.96. The number of tetrazole rings is 1. The van der Waals surface area contributed by atoms with Gasteiger partial charge >= 0.3 is 0 Å². The highest BCUT2D eigenvalue weighted by atomic mass is 16.5. The van der Waals surface area contributed by atoms with Crippen LogP contribution in [0.2, 0.25) is 0 Å². The van der Waals surface area contributed by atoms with Gasteiger partial charge in [0.25, 0.3) is 0 Å². The molecule has 3 heterocycles. The predicted octanol–water partition coefficient (Wildman–Crippen LogP) is -0.792. The van der Waals surface area contributed by atoms with Crippen molar-refractivity contribution in [3.8, 4) is 5.69 Å². The van der Waals surface area contributed by atoms with Crippen LogP contribution in [-0.2, 0) is 20.7 Å². The summed E-state index contributed by atoms with van der Waals surface area (Å²) >= 11 is 0. The number of morpholine rings is 1. The van der Waals surface area contributed by atoms with Crippen LogP contribution in [0, 0.1) is 0 Å². The van der Waals surface area contributed by atoms with Gasteiger partial charge in [-0.15, -0.1) is 5.10 Å². The van der Waals surface area contributed by atoms with Gasteiger partial charge in [0.1, 0.15) is 6.33 Å². The average Bonchev–Trinajstić information content (AvgIpc) is 3.30. The zero-order valence-corrected chi connectivity index (χ0v) is 16.3. The van der Waals surface area contributed by atoms with Crippen LogP contribution in [0.1, 0.15) is 5.56 Å². The van der Waals surface area contributed by atoms with Gasteiger partial charge in [0.15, 0.2) is 0 Å². The minimum Gasteiger partial charge on any atom is -0.379 e. The maximum atomic E-state index is 12.6. The van der Waals surface area contributed by atoms with E-state index in [0.29, 0.717) is 52.4 Å². The molecule has 0 saturated carbocycles. The van der Waals surface area contributed by atoms with Gasteiger partial charge in [-0.05, 0) is 28.1 Å². The molecule has 0 aliphatic carbocycles. The highest BCUT2D eigenvalue weighted by molar-refractivity contribution is 5.80. The summed E-state index contributed by atoms with van der Waals surface area (Å²) in [6, 6.07) is 7.61. The number of carbonyl (C=O) groups excluding carboxylic acids is 2. The number of nitrogens with zero attached hydrogens (tertiary/aromatic N) is 7. The summed E-state index contributed by atoms with van der Waals surface area (Å²) in [6.07, 6.45) is 1.87. The molecule has 10 nitrogen and oxygen atoms in total. The molecule has 0 unspecified atom stereocenters. The van der Waals surface area contributed by atoms with Crippen LogP contribution >= 0.6 is 0 Å². The van der Waals surface area contributed by atoms with Crippen molar-refractivity contribution >= 4 is 11.8 Å². The third-order valence-electron chi connectivity index (χ3n) is 5.35. The molecule has 0 spiro atoms. The Labute approximate surface area is 169 Å². The van der Waals surface area contributed by atoms with Crippen molar-refractivity contribution in [2.45, 2.75) is 6.42 Å². The molecule has 0 radical (unpaired) electrons. The zero-order chi connectivity index (χ0) is 20.1. The minimum absolute atomic E-state index is 0.0838. The lowest BCUT2D eigenvalue weighted by molar-refractivity contribution is -0.140. The fourth-order valence-corrected chi connectivity index (χ4v) is 3.59. The van der Waals surface area contributed by atoms with Crippen molar-refractivity contribution < 1.29 is 14.3 Å². The monoisotopic (exact) mass is 399 g/mol. The van der Waals surface area contributed by atoms with E-state index >= 15 is 0 Å². The van der Waals surface area contributed by atoms with Gasteiger partial charge in [-0.25, -0.2) is 4.68 Å². The van der Waals surface area contributed by atoms with Crippen LogP contribution in [0.3, 0.4) is 0 Å². The number of carbonyl (C=O) groups is 2. The smallest absolute Gasteiger partial charge is 0.236 e. The first-order chi connectivity index (χ1) is 14.2. The second-order valence-electron chi connectivity index (χ2n) is 7.25. The fourth-order valence-electron chi connectivity index (χ4n) is 3.59. The Morgan fingerprint density at radius 3 is 2.17 bits per heavy atom. The molecular formula is C19H25N7O3. The van der Waals surface area contributed by atoms with Crippen molar-refractivity contribution in [2.24, 2.45) is 0 Å². The van der Waals surface area contributed by atoms with E-state index < -0.39 is 0 Å². The summed E-state index contributed by atoms with van der Waals surface area (Å²) in [5.74, 6) is 0.220. The maximum absolute atomic E-state index is 12.6. The molecule has 0 bridgehead atoms. The lowest BCUT2D eigenvalue weighted by atomic mass is 10.1. The first-order valence-electron chi connectivity index (χ1n) is 9.87. The van der Waals surface area contributed by atoms with Crippen molar-refractivity contribution in [3.05, 3.63) is 36.2 Å². The maximum Gasteiger partial charge on any atom is 0.236 e. The van der Waals surface area contributed by atoms with E-state index in [2.05, 4.69) is 20.4 Å². The largest absolute Gasteiger partial charge is 0.379 e. The van der Waals surface area contributed by atoms with Gasteiger partial charge in [0.2, 0.25) is 11.8 Å². The molecule has 29 heavy (non-hydrogen) atoms. The summed E-state index contributed by atoms with van der Waals surface area (Å²) in [5, 5.41) is 11.1. The van der Waals surface area contributed by atoms with Gasteiger partial charge in [0.05, 0.1) is 31.9 Å². The van der Waals surface area contributed by atoms with Crippen LogP contribution in [0.4, 0.5) is 0 Å². The van der Waals surface area contributed by atoms with E-state index in [9.17, 15) is 9.59 Å². The van der Waals surface area contributed by atoms with Crippen LogP contribution in [-0.4, -0.2) is 106 Å². The molecule has 2 amide bonds. The Morgan fingerprint density at radius 1 is 0.897 bits per heavy atom. The van der Waals surface area contributed by atoms with Gasteiger partial charge in [-0.1, -0.05) is 12.1 Å². The predicted molar refractivity (Wildman–Crippen MR) is 103 cm³/mol. The Balaban J connectivity index is 1.24. The quantitative estimate of drug-likeness (QED) is 0.650. The minimum atomic E-state index is 0.0838. The molecule has 10 heteroatoms. The lowest BCUT2D eigenvalue weighted by Gasteiger charge is -2.36. The second kappa shape index (κ2) is 9.10. The molecule has 4 rings (SSSR count). The van der Waals surface area contributed by atoms with Crippen molar-refractivity contribution in [1.82, 2.24) is 34.9 Å². The first-order valence-corrected chi connectivity index (χ1v) is 9.87. The van der Waals surface area contributed by atoms with E-state index in [1.807, 2.05) is 34.1 Å². The SMILES string of the molecule is O=C(Cc1ccc(-n2cnnn2)cc1)N1CCN(C(=O)CN2CCOCC2)CC1. The molecule has 2 fully saturated rings. The van der Waals surface area contributed by atoms with Crippen LogP contribution in [0.5, 0.6) is 0 Å². The van der Waals surface area contributed by atoms with Crippen LogP contribution in [0.15, 0.2) is 30.6 Å². The molecule has 2 aromatic rings. The number of hydrogen-bond donors (Lipinski definition) is 0. The van der Waals surface area contributed by atoms with Gasteiger partial charge < -0.3 is 14.5 Å². The number of aromatic nitrogens is 4. The molecule has 2 aliphatic heterocycles. The fraction of sp³-hybridized carbons (Fsp3) is 0.526. The van der Waals surface area contributed by atoms with E-state index in [-0.39, 0.29) is 11.8 Å². The molecular weight excluding hydrogens is 374 g/mol. The topological polar surface area (TPSA) is 96.7 Å². The zero-order valence-electron chi connectivity index (χ0n) is 16.3. The summed E-state index contributed by atoms with van der Waals surface area (Å²) in [6.45, 7) is 5.75. The lowest BCUT2D eigenvalue weighted by Crippen LogP contribution is -2.53. The van der Waals surface area contributed by atoms with E-state index in [1.54, 1.807) is 4.68 Å². The van der Waals surface area contributed by atoms with Crippen LogP contribution in [0.25, 0.3) is 5.69 Å². The number of rotatable bonds is 5. The Morgan fingerprint density at radius 2 is 1.55 bits per heavy atom. The van der Waals surface area contributed by atoms with E-state index in [1.165, 1.54) is 6.33 Å². The van der Waals surface area contributed by atoms with E-state index in [0.717, 1.165) is 24.3 Å². The molecule has 1 aromatic heterocycles. The summed E-state index contributed by atoms with van der Waals surface area (Å²) < 4.78 is 6.89. The second-order valence-corrected chi connectivity index (χ2v) is 7.25. The number of amides is 2. The molecule has 154 valence electrons. The summed E-state index contributed by atoms with van der Waals surface area (Å²) in [5.41, 5.74) is 1.79. The Hall–Kier alpha value is -2.85. The normalized spacial score (nSPS) is 18.1. The molecule has 1 aromatic carbocycles. The first kappa shape index (κ1) is 19.5. The van der Waals surface area contributed by atoms with Crippen molar-refractivity contribution in [2.75, 3.05) is 59.0 Å². The molecule has 0 N–H and O–H groups in total. The van der Waals surface area contributed by atoms with Crippen molar-refractivity contribution in [3.63, 3.8) is 0 Å². The number of hydrogen-bond acceptors (Lipinski definition) is 7. The summed E-state index contributed by atoms with van der Waals surface area (Å²) in [7, 11) is 0. The van der Waals surface area contributed by atoms with Gasteiger partial charge in [-0.2, -0.15) is 0 Å². The number of piperazine rings is 1. The average molecular weight is 399 g/mol. The molecule has 0 atom stereocenters. The standard InChI is InChI=1S/C19H25N7O3/c27-18(13-16-1-3-17(4-2-16)26-15-20-21-22-26)24-5-7-25(8-6-24)19(28)14-23-9-11-29-12-10-23/h1-4,15H,5-14H2. The van der Waals surface area contributed by atoms with Crippen molar-refractivity contribution in [1.29, 1.82) is 0 Å². The Bertz CT molecular complexity index is 811. The number of ether oxygens (including phenoxy) is 1. The highest BCUT2D eigenvalue weighted by Crippen LogP contribution is 2.11. The summed E-state index contributed by atoms with van der Waals surface area (Å²) in [4.78, 5) is 31.0. The molecule has 2 aliphatic rings. The van der Waals surface area contributed by atoms with Crippen LogP contribution < -0.4 is 0 Å². The Kier molecular flexibility index (Phi) is 6.11. The van der Waals surface area contributed by atoms with Gasteiger partial charge in [-0.3, -0.25) is 14.5 Å². The third-order valence-corrected chi connectivity index (χ3v) is 5.35. The van der Waals surface area contributed by atoms with Gasteiger partial charge in [0, 0.05) is 39.3 Å². The molecule has 2 saturated heterocycles.